The molecule has 0 radical (unpaired) electrons. The Morgan fingerprint density at radius 2 is 2.30 bits per heavy atom. The van der Waals surface area contributed by atoms with Crippen LogP contribution < -0.4 is 5.32 Å². The second kappa shape index (κ2) is 5.76. The summed E-state index contributed by atoms with van der Waals surface area (Å²) in [7, 11) is 1.97. The lowest BCUT2D eigenvalue weighted by molar-refractivity contribution is 0.658. The average molecular weight is 309 g/mol. The van der Waals surface area contributed by atoms with Crippen molar-refractivity contribution in [2.75, 3.05) is 0 Å². The molecular weight excluding hydrogens is 292 g/mol. The van der Waals surface area contributed by atoms with E-state index in [-0.39, 0.29) is 0 Å². The van der Waals surface area contributed by atoms with Crippen LogP contribution in [0.2, 0.25) is 5.02 Å². The second-order valence-electron chi connectivity index (χ2n) is 5.04. The van der Waals surface area contributed by atoms with Crippen molar-refractivity contribution in [3.63, 3.8) is 0 Å². The molecule has 3 rings (SSSR count). The van der Waals surface area contributed by atoms with E-state index in [0.717, 1.165) is 22.3 Å². The number of aryl methyl sites for hydroxylation is 2. The van der Waals surface area contributed by atoms with Crippen LogP contribution in [0.1, 0.15) is 24.1 Å². The van der Waals surface area contributed by atoms with E-state index in [0.29, 0.717) is 11.1 Å². The molecule has 1 aliphatic rings. The number of aromatic nitrogens is 3. The van der Waals surface area contributed by atoms with Gasteiger partial charge in [-0.05, 0) is 43.7 Å². The van der Waals surface area contributed by atoms with Gasteiger partial charge in [0.2, 0.25) is 0 Å². The van der Waals surface area contributed by atoms with Gasteiger partial charge in [-0.1, -0.05) is 11.6 Å². The molecule has 4 nitrogen and oxygen atoms in total. The van der Waals surface area contributed by atoms with Gasteiger partial charge in [-0.2, -0.15) is 5.10 Å². The van der Waals surface area contributed by atoms with Crippen LogP contribution in [0.25, 0.3) is 0 Å². The molecule has 2 aromatic heterocycles. The molecule has 0 amide bonds. The molecule has 1 N–H and O–H groups in total. The van der Waals surface area contributed by atoms with Crippen molar-refractivity contribution in [3.05, 3.63) is 34.6 Å². The van der Waals surface area contributed by atoms with Gasteiger partial charge >= 0.3 is 0 Å². The third kappa shape index (κ3) is 3.00. The normalized spacial score (nSPS) is 14.8. The number of nitrogens with one attached hydrogen (secondary N) is 1. The van der Waals surface area contributed by atoms with Crippen LogP contribution in [0.15, 0.2) is 28.4 Å². The second-order valence-corrected chi connectivity index (χ2v) is 6.43. The molecule has 0 aliphatic heterocycles. The van der Waals surface area contributed by atoms with Crippen LogP contribution in [0, 0.1) is 6.92 Å². The maximum atomic E-state index is 6.19. The number of hydrogen-bond acceptors (Lipinski definition) is 4. The van der Waals surface area contributed by atoms with E-state index < -0.39 is 0 Å². The van der Waals surface area contributed by atoms with E-state index in [1.54, 1.807) is 18.0 Å². The zero-order valence-corrected chi connectivity index (χ0v) is 13.1. The summed E-state index contributed by atoms with van der Waals surface area (Å²) in [6.45, 7) is 2.91. The third-order valence-corrected chi connectivity index (χ3v) is 4.99. The quantitative estimate of drug-likeness (QED) is 0.921. The Kier molecular flexibility index (Phi) is 4.01. The molecule has 6 heteroatoms. The number of rotatable bonds is 5. The number of nitrogens with zero attached hydrogens (tertiary/aromatic N) is 3. The maximum absolute atomic E-state index is 6.19. The van der Waals surface area contributed by atoms with E-state index in [9.17, 15) is 0 Å². The standard InChI is InChI=1S/C14H17ClN4S/c1-9-11(8-17-10-5-6-10)14(19(2)18-9)20-13-12(15)4-3-7-16-13/h3-4,7,10,17H,5-6,8H2,1-2H3. The highest BCUT2D eigenvalue weighted by atomic mass is 35.5. The molecule has 20 heavy (non-hydrogen) atoms. The van der Waals surface area contributed by atoms with Gasteiger partial charge in [0.05, 0.1) is 10.7 Å². The van der Waals surface area contributed by atoms with Crippen molar-refractivity contribution < 1.29 is 0 Å². The minimum atomic E-state index is 0.678. The molecule has 2 aromatic rings. The Labute approximate surface area is 127 Å². The Morgan fingerprint density at radius 1 is 1.50 bits per heavy atom. The van der Waals surface area contributed by atoms with Crippen molar-refractivity contribution in [2.24, 2.45) is 7.05 Å². The molecule has 106 valence electrons. The zero-order chi connectivity index (χ0) is 14.1. The fraction of sp³-hybridized carbons (Fsp3) is 0.429. The Bertz CT molecular complexity index is 622. The van der Waals surface area contributed by atoms with Gasteiger partial charge in [0.25, 0.3) is 0 Å². The monoisotopic (exact) mass is 308 g/mol. The molecule has 1 saturated carbocycles. The summed E-state index contributed by atoms with van der Waals surface area (Å²) in [5, 5.41) is 10.7. The summed E-state index contributed by atoms with van der Waals surface area (Å²) < 4.78 is 1.91. The Morgan fingerprint density at radius 3 is 3.00 bits per heavy atom. The van der Waals surface area contributed by atoms with Crippen molar-refractivity contribution in [1.29, 1.82) is 0 Å². The van der Waals surface area contributed by atoms with Gasteiger partial charge in [-0.25, -0.2) is 4.98 Å². The summed E-state index contributed by atoms with van der Waals surface area (Å²) in [4.78, 5) is 4.34. The molecule has 0 unspecified atom stereocenters. The van der Waals surface area contributed by atoms with Gasteiger partial charge in [-0.3, -0.25) is 4.68 Å². The first-order chi connectivity index (χ1) is 9.65. The van der Waals surface area contributed by atoms with Crippen LogP contribution >= 0.6 is 23.4 Å². The maximum Gasteiger partial charge on any atom is 0.121 e. The smallest absolute Gasteiger partial charge is 0.121 e. The molecule has 0 bridgehead atoms. The van der Waals surface area contributed by atoms with E-state index in [1.165, 1.54) is 18.4 Å². The summed E-state index contributed by atoms with van der Waals surface area (Å²) in [5.74, 6) is 0. The highest BCUT2D eigenvalue weighted by Gasteiger charge is 2.23. The molecule has 0 atom stereocenters. The first kappa shape index (κ1) is 13.9. The van der Waals surface area contributed by atoms with Gasteiger partial charge in [0.1, 0.15) is 10.1 Å². The summed E-state index contributed by atoms with van der Waals surface area (Å²) in [6.07, 6.45) is 4.33. The first-order valence-electron chi connectivity index (χ1n) is 6.69. The number of halogens is 1. The fourth-order valence-corrected chi connectivity index (χ4v) is 3.30. The summed E-state index contributed by atoms with van der Waals surface area (Å²) >= 11 is 7.77. The van der Waals surface area contributed by atoms with Crippen LogP contribution in [0.4, 0.5) is 0 Å². The van der Waals surface area contributed by atoms with Crippen LogP contribution in [-0.2, 0) is 13.6 Å². The van der Waals surface area contributed by atoms with Gasteiger partial charge < -0.3 is 5.32 Å². The number of hydrogen-bond donors (Lipinski definition) is 1. The van der Waals surface area contributed by atoms with Crippen LogP contribution in [0.5, 0.6) is 0 Å². The van der Waals surface area contributed by atoms with E-state index in [2.05, 4.69) is 15.4 Å². The van der Waals surface area contributed by atoms with E-state index in [1.807, 2.05) is 30.8 Å². The van der Waals surface area contributed by atoms with Crippen molar-refractivity contribution >= 4 is 23.4 Å². The molecule has 2 heterocycles. The highest BCUT2D eigenvalue weighted by Crippen LogP contribution is 2.34. The molecule has 0 saturated heterocycles. The van der Waals surface area contributed by atoms with Crippen molar-refractivity contribution in [1.82, 2.24) is 20.1 Å². The lowest BCUT2D eigenvalue weighted by Gasteiger charge is -2.07. The topological polar surface area (TPSA) is 42.7 Å². The zero-order valence-electron chi connectivity index (χ0n) is 11.6. The SMILES string of the molecule is Cc1nn(C)c(Sc2ncccc2Cl)c1CNC1CC1. The van der Waals surface area contributed by atoms with Gasteiger partial charge in [-0.15, -0.1) is 0 Å². The third-order valence-electron chi connectivity index (χ3n) is 3.35. The lowest BCUT2D eigenvalue weighted by atomic mass is 10.2. The average Bonchev–Trinajstić information content (AvgIpc) is 3.19. The Balaban J connectivity index is 1.85. The molecular formula is C14H17ClN4S. The molecule has 1 aliphatic carbocycles. The van der Waals surface area contributed by atoms with Crippen LogP contribution in [0.3, 0.4) is 0 Å². The van der Waals surface area contributed by atoms with E-state index >= 15 is 0 Å². The predicted octanol–water partition coefficient (Wildman–Crippen LogP) is 3.18. The largest absolute Gasteiger partial charge is 0.310 e. The van der Waals surface area contributed by atoms with Gasteiger partial charge in [0, 0.05) is 31.4 Å². The fourth-order valence-electron chi connectivity index (χ4n) is 2.08. The minimum absolute atomic E-state index is 0.678. The Hall–Kier alpha value is -1.04. The van der Waals surface area contributed by atoms with E-state index in [4.69, 9.17) is 11.6 Å². The number of pyridine rings is 1. The summed E-state index contributed by atoms with van der Waals surface area (Å²) in [5.41, 5.74) is 2.31. The molecule has 1 fully saturated rings. The predicted molar refractivity (Wildman–Crippen MR) is 81.2 cm³/mol. The first-order valence-corrected chi connectivity index (χ1v) is 7.89. The molecule has 0 aromatic carbocycles. The van der Waals surface area contributed by atoms with Crippen molar-refractivity contribution in [2.45, 2.75) is 42.4 Å². The van der Waals surface area contributed by atoms with Gasteiger partial charge in [0.15, 0.2) is 0 Å². The highest BCUT2D eigenvalue weighted by molar-refractivity contribution is 7.99. The van der Waals surface area contributed by atoms with Crippen molar-refractivity contribution in [3.8, 4) is 0 Å². The minimum Gasteiger partial charge on any atom is -0.310 e. The lowest BCUT2D eigenvalue weighted by Crippen LogP contribution is -2.16. The van der Waals surface area contributed by atoms with Crippen LogP contribution in [-0.4, -0.2) is 20.8 Å². The summed E-state index contributed by atoms with van der Waals surface area (Å²) in [6, 6.07) is 4.39. The molecule has 0 spiro atoms.